The van der Waals surface area contributed by atoms with Crippen LogP contribution in [-0.4, -0.2) is 55.9 Å². The molecule has 1 saturated heterocycles. The van der Waals surface area contributed by atoms with Crippen molar-refractivity contribution in [3.05, 3.63) is 29.8 Å². The number of benzene rings is 1. The van der Waals surface area contributed by atoms with E-state index in [0.717, 1.165) is 32.8 Å². The molecule has 2 N–H and O–H groups in total. The summed E-state index contributed by atoms with van der Waals surface area (Å²) in [6.45, 7) is 4.47. The van der Waals surface area contributed by atoms with E-state index in [1.54, 1.807) is 36.4 Å². The normalized spacial score (nSPS) is 14.1. The van der Waals surface area contributed by atoms with Crippen LogP contribution in [0.2, 0.25) is 0 Å². The number of amides is 1. The van der Waals surface area contributed by atoms with Gasteiger partial charge in [-0.15, -0.1) is 0 Å². The zero-order valence-corrected chi connectivity index (χ0v) is 13.2. The Morgan fingerprint density at radius 1 is 1.25 bits per heavy atom. The van der Waals surface area contributed by atoms with Crippen molar-refractivity contribution >= 4 is 17.3 Å². The molecule has 0 spiro atoms. The van der Waals surface area contributed by atoms with Crippen LogP contribution in [0.3, 0.4) is 0 Å². The van der Waals surface area contributed by atoms with Crippen molar-refractivity contribution in [3.63, 3.8) is 0 Å². The number of para-hydroxylation sites is 1. The lowest BCUT2D eigenvalue weighted by Crippen LogP contribution is -2.41. The van der Waals surface area contributed by atoms with Gasteiger partial charge in [-0.2, -0.15) is 15.6 Å². The summed E-state index contributed by atoms with van der Waals surface area (Å²) < 4.78 is 5.28. The van der Waals surface area contributed by atoms with E-state index in [1.165, 1.54) is 0 Å². The van der Waals surface area contributed by atoms with Gasteiger partial charge in [0.1, 0.15) is 12.1 Å². The van der Waals surface area contributed by atoms with Crippen LogP contribution < -0.4 is 10.7 Å². The summed E-state index contributed by atoms with van der Waals surface area (Å²) in [6, 6.07) is 10.1. The van der Waals surface area contributed by atoms with E-state index in [2.05, 4.69) is 20.7 Å². The maximum Gasteiger partial charge on any atom is 0.253 e. The molecule has 0 aliphatic carbocycles. The van der Waals surface area contributed by atoms with E-state index < -0.39 is 0 Å². The number of nitrogens with one attached hydrogen (secondary N) is 2. The maximum absolute atomic E-state index is 12.3. The zero-order chi connectivity index (χ0) is 17.2. The van der Waals surface area contributed by atoms with Crippen LogP contribution >= 0.6 is 0 Å². The van der Waals surface area contributed by atoms with Gasteiger partial charge < -0.3 is 10.1 Å². The summed E-state index contributed by atoms with van der Waals surface area (Å²) in [7, 11) is 0. The molecular weight excluding hydrogens is 308 g/mol. The van der Waals surface area contributed by atoms with Gasteiger partial charge in [0.05, 0.1) is 24.5 Å². The Kier molecular flexibility index (Phi) is 6.72. The third-order valence-corrected chi connectivity index (χ3v) is 3.49. The number of nitriles is 2. The highest BCUT2D eigenvalue weighted by Crippen LogP contribution is 2.14. The first-order valence-corrected chi connectivity index (χ1v) is 7.56. The zero-order valence-electron chi connectivity index (χ0n) is 13.2. The van der Waals surface area contributed by atoms with Crippen LogP contribution in [0.25, 0.3) is 0 Å². The Morgan fingerprint density at radius 3 is 2.67 bits per heavy atom. The molecule has 8 nitrogen and oxygen atoms in total. The van der Waals surface area contributed by atoms with E-state index in [9.17, 15) is 4.79 Å². The third kappa shape index (κ3) is 5.06. The monoisotopic (exact) mass is 326 g/mol. The molecule has 124 valence electrons. The van der Waals surface area contributed by atoms with Gasteiger partial charge in [-0.3, -0.25) is 15.1 Å². The molecule has 0 aromatic heterocycles. The van der Waals surface area contributed by atoms with Crippen molar-refractivity contribution in [2.45, 2.75) is 0 Å². The second-order valence-corrected chi connectivity index (χ2v) is 5.05. The van der Waals surface area contributed by atoms with Gasteiger partial charge in [0.15, 0.2) is 0 Å². The largest absolute Gasteiger partial charge is 0.379 e. The van der Waals surface area contributed by atoms with Crippen molar-refractivity contribution in [2.75, 3.05) is 44.8 Å². The summed E-state index contributed by atoms with van der Waals surface area (Å²) in [5.41, 5.74) is 3.12. The van der Waals surface area contributed by atoms with E-state index >= 15 is 0 Å². The van der Waals surface area contributed by atoms with Crippen molar-refractivity contribution in [3.8, 4) is 12.1 Å². The highest BCUT2D eigenvalue weighted by molar-refractivity contribution is 6.10. The van der Waals surface area contributed by atoms with E-state index in [0.29, 0.717) is 17.8 Å². The molecular formula is C16H18N6O2. The average Bonchev–Trinajstić information content (AvgIpc) is 2.63. The summed E-state index contributed by atoms with van der Waals surface area (Å²) in [6.07, 6.45) is 0. The van der Waals surface area contributed by atoms with Gasteiger partial charge in [0, 0.05) is 26.2 Å². The fourth-order valence-electron chi connectivity index (χ4n) is 2.22. The van der Waals surface area contributed by atoms with Crippen molar-refractivity contribution in [1.29, 1.82) is 10.5 Å². The Bertz CT molecular complexity index is 667. The van der Waals surface area contributed by atoms with Gasteiger partial charge in [0.25, 0.3) is 5.91 Å². The number of hydrazone groups is 1. The van der Waals surface area contributed by atoms with Crippen LogP contribution in [0.5, 0.6) is 0 Å². The number of carbonyl (C=O) groups excluding carboxylic acids is 1. The van der Waals surface area contributed by atoms with Crippen LogP contribution in [-0.2, 0) is 4.74 Å². The molecule has 8 heteroatoms. The van der Waals surface area contributed by atoms with Crippen LogP contribution in [0.15, 0.2) is 29.4 Å². The topological polar surface area (TPSA) is 114 Å². The number of hydrogen-bond donors (Lipinski definition) is 2. The van der Waals surface area contributed by atoms with Gasteiger partial charge >= 0.3 is 0 Å². The van der Waals surface area contributed by atoms with Gasteiger partial charge in [-0.05, 0) is 12.1 Å². The molecule has 0 radical (unpaired) electrons. The number of anilines is 1. The molecule has 0 atom stereocenters. The van der Waals surface area contributed by atoms with Gasteiger partial charge in [-0.1, -0.05) is 12.1 Å². The quantitative estimate of drug-likeness (QED) is 0.583. The molecule has 0 saturated carbocycles. The molecule has 1 aromatic rings. The lowest BCUT2D eigenvalue weighted by molar-refractivity contribution is 0.0383. The summed E-state index contributed by atoms with van der Waals surface area (Å²) >= 11 is 0. The van der Waals surface area contributed by atoms with Gasteiger partial charge in [-0.25, -0.2) is 0 Å². The number of morpholine rings is 1. The maximum atomic E-state index is 12.3. The fraction of sp³-hybridized carbons (Fsp3) is 0.375. The number of hydrogen-bond acceptors (Lipinski definition) is 7. The number of nitrogens with zero attached hydrogens (tertiary/aromatic N) is 4. The van der Waals surface area contributed by atoms with E-state index in [4.69, 9.17) is 15.3 Å². The SMILES string of the molecule is N#CC(C#N)=NNc1ccccc1C(=O)NCCN1CCOCC1. The first kappa shape index (κ1) is 17.4. The first-order chi connectivity index (χ1) is 11.7. The Labute approximate surface area is 140 Å². The minimum Gasteiger partial charge on any atom is -0.379 e. The van der Waals surface area contributed by atoms with E-state index in [1.807, 2.05) is 0 Å². The number of carbonyl (C=O) groups is 1. The first-order valence-electron chi connectivity index (χ1n) is 7.56. The third-order valence-electron chi connectivity index (χ3n) is 3.49. The summed E-state index contributed by atoms with van der Waals surface area (Å²) in [5.74, 6) is -0.239. The average molecular weight is 326 g/mol. The molecule has 0 unspecified atom stereocenters. The molecule has 1 aliphatic rings. The number of ether oxygens (including phenoxy) is 1. The second-order valence-electron chi connectivity index (χ2n) is 5.05. The Morgan fingerprint density at radius 2 is 1.96 bits per heavy atom. The van der Waals surface area contributed by atoms with Gasteiger partial charge in [0.2, 0.25) is 5.71 Å². The highest BCUT2D eigenvalue weighted by atomic mass is 16.5. The standard InChI is InChI=1S/C16H18N6O2/c17-11-13(12-18)20-21-15-4-2-1-3-14(15)16(23)19-5-6-22-7-9-24-10-8-22/h1-4,21H,5-10H2,(H,19,23). The second kappa shape index (κ2) is 9.26. The predicted octanol–water partition coefficient (Wildman–Crippen LogP) is 0.564. The molecule has 1 fully saturated rings. The number of rotatable bonds is 6. The van der Waals surface area contributed by atoms with Crippen molar-refractivity contribution in [1.82, 2.24) is 10.2 Å². The van der Waals surface area contributed by atoms with E-state index in [-0.39, 0.29) is 11.6 Å². The minimum atomic E-state index is -0.308. The highest BCUT2D eigenvalue weighted by Gasteiger charge is 2.13. The van der Waals surface area contributed by atoms with Crippen molar-refractivity contribution in [2.24, 2.45) is 5.10 Å². The Hall–Kier alpha value is -2.94. The lowest BCUT2D eigenvalue weighted by atomic mass is 10.1. The minimum absolute atomic E-state index is 0.239. The molecule has 1 amide bonds. The van der Waals surface area contributed by atoms with Crippen LogP contribution in [0.4, 0.5) is 5.69 Å². The predicted molar refractivity (Wildman–Crippen MR) is 88.3 cm³/mol. The fourth-order valence-corrected chi connectivity index (χ4v) is 2.22. The molecule has 1 heterocycles. The summed E-state index contributed by atoms with van der Waals surface area (Å²) in [5, 5.41) is 23.9. The molecule has 1 aromatic carbocycles. The smallest absolute Gasteiger partial charge is 0.253 e. The molecule has 2 rings (SSSR count). The Balaban J connectivity index is 1.93. The molecule has 0 bridgehead atoms. The van der Waals surface area contributed by atoms with Crippen LogP contribution in [0.1, 0.15) is 10.4 Å². The van der Waals surface area contributed by atoms with Crippen LogP contribution in [0, 0.1) is 22.7 Å². The lowest BCUT2D eigenvalue weighted by Gasteiger charge is -2.26. The van der Waals surface area contributed by atoms with Crippen molar-refractivity contribution < 1.29 is 9.53 Å². The summed E-state index contributed by atoms with van der Waals surface area (Å²) in [4.78, 5) is 14.5. The molecule has 1 aliphatic heterocycles. The molecule has 24 heavy (non-hydrogen) atoms.